The van der Waals surface area contributed by atoms with E-state index in [9.17, 15) is 8.42 Å². The second-order valence-electron chi connectivity index (χ2n) is 4.05. The van der Waals surface area contributed by atoms with Gasteiger partial charge in [-0.1, -0.05) is 31.0 Å². The molecule has 0 saturated heterocycles. The van der Waals surface area contributed by atoms with Gasteiger partial charge in [0.1, 0.15) is 0 Å². The van der Waals surface area contributed by atoms with Gasteiger partial charge in [0, 0.05) is 11.9 Å². The number of sulfonamides is 1. The Kier molecular flexibility index (Phi) is 5.43. The van der Waals surface area contributed by atoms with Gasteiger partial charge in [0.2, 0.25) is 10.0 Å². The fraction of sp³-hybridized carbons (Fsp3) is 0.500. The molecule has 17 heavy (non-hydrogen) atoms. The molecule has 3 nitrogen and oxygen atoms in total. The average Bonchev–Trinajstić information content (AvgIpc) is 2.28. The molecule has 5 heteroatoms. The number of hydrogen-bond donors (Lipinski definition) is 1. The number of halogens is 1. The van der Waals surface area contributed by atoms with Crippen LogP contribution in [0.4, 0.5) is 0 Å². The minimum absolute atomic E-state index is 0.153. The number of aryl methyl sites for hydroxylation is 1. The van der Waals surface area contributed by atoms with Crippen molar-refractivity contribution in [3.63, 3.8) is 0 Å². The quantitative estimate of drug-likeness (QED) is 0.812. The van der Waals surface area contributed by atoms with Gasteiger partial charge in [0.15, 0.2) is 0 Å². The maximum absolute atomic E-state index is 11.9. The Hall–Kier alpha value is -0.580. The standard InChI is InChI=1S/C12H18ClNO2S/c1-3-4-11(13)9-14-17(15,16)12-7-5-10(2)6-8-12/h5-8,11,14H,3-4,9H2,1-2H3. The van der Waals surface area contributed by atoms with E-state index in [0.717, 1.165) is 18.4 Å². The Balaban J connectivity index is 2.66. The highest BCUT2D eigenvalue weighted by Crippen LogP contribution is 2.11. The molecule has 1 atom stereocenters. The van der Waals surface area contributed by atoms with Crippen LogP contribution in [-0.2, 0) is 10.0 Å². The molecule has 0 aliphatic carbocycles. The molecule has 0 amide bonds. The number of rotatable bonds is 6. The summed E-state index contributed by atoms with van der Waals surface area (Å²) in [5.74, 6) is 0. The van der Waals surface area contributed by atoms with E-state index in [-0.39, 0.29) is 16.8 Å². The topological polar surface area (TPSA) is 46.2 Å². The van der Waals surface area contributed by atoms with Gasteiger partial charge in [0.25, 0.3) is 0 Å². The lowest BCUT2D eigenvalue weighted by Crippen LogP contribution is -2.29. The Morgan fingerprint density at radius 2 is 1.88 bits per heavy atom. The third-order valence-corrected chi connectivity index (χ3v) is 4.24. The van der Waals surface area contributed by atoms with Crippen molar-refractivity contribution in [2.75, 3.05) is 6.54 Å². The molecule has 1 unspecified atom stereocenters. The first-order valence-corrected chi connectivity index (χ1v) is 7.58. The lowest BCUT2D eigenvalue weighted by Gasteiger charge is -2.10. The SMILES string of the molecule is CCCC(Cl)CNS(=O)(=O)c1ccc(C)cc1. The van der Waals surface area contributed by atoms with E-state index in [2.05, 4.69) is 4.72 Å². The lowest BCUT2D eigenvalue weighted by atomic mass is 10.2. The van der Waals surface area contributed by atoms with Crippen molar-refractivity contribution < 1.29 is 8.42 Å². The van der Waals surface area contributed by atoms with E-state index in [1.54, 1.807) is 24.3 Å². The fourth-order valence-corrected chi connectivity index (χ4v) is 2.88. The summed E-state index contributed by atoms with van der Waals surface area (Å²) in [6.07, 6.45) is 1.75. The Bertz CT molecular complexity index is 442. The van der Waals surface area contributed by atoms with E-state index in [0.29, 0.717) is 0 Å². The molecule has 0 heterocycles. The number of benzene rings is 1. The molecular weight excluding hydrogens is 258 g/mol. The van der Waals surface area contributed by atoms with Crippen LogP contribution in [0.3, 0.4) is 0 Å². The monoisotopic (exact) mass is 275 g/mol. The Morgan fingerprint density at radius 1 is 1.29 bits per heavy atom. The molecule has 1 aromatic rings. The fourth-order valence-electron chi connectivity index (χ4n) is 1.42. The minimum atomic E-state index is -3.42. The van der Waals surface area contributed by atoms with E-state index in [1.165, 1.54) is 0 Å². The highest BCUT2D eigenvalue weighted by molar-refractivity contribution is 7.89. The van der Waals surface area contributed by atoms with E-state index >= 15 is 0 Å². The number of hydrogen-bond acceptors (Lipinski definition) is 2. The van der Waals surface area contributed by atoms with Crippen molar-refractivity contribution in [1.29, 1.82) is 0 Å². The second kappa shape index (κ2) is 6.38. The summed E-state index contributed by atoms with van der Waals surface area (Å²) in [6.45, 7) is 4.20. The van der Waals surface area contributed by atoms with Crippen LogP contribution in [0.5, 0.6) is 0 Å². The van der Waals surface area contributed by atoms with Crippen LogP contribution < -0.4 is 4.72 Å². The zero-order valence-electron chi connectivity index (χ0n) is 10.1. The smallest absolute Gasteiger partial charge is 0.210 e. The van der Waals surface area contributed by atoms with Crippen molar-refractivity contribution >= 4 is 21.6 Å². The van der Waals surface area contributed by atoms with Crippen LogP contribution in [0.2, 0.25) is 0 Å². The van der Waals surface area contributed by atoms with Gasteiger partial charge in [-0.05, 0) is 25.5 Å². The predicted octanol–water partition coefficient (Wildman–Crippen LogP) is 2.68. The van der Waals surface area contributed by atoms with Crippen molar-refractivity contribution in [2.45, 2.75) is 37.0 Å². The summed E-state index contributed by atoms with van der Waals surface area (Å²) in [6, 6.07) is 6.75. The normalized spacial score (nSPS) is 13.6. The van der Waals surface area contributed by atoms with Crippen molar-refractivity contribution in [1.82, 2.24) is 4.72 Å². The van der Waals surface area contributed by atoms with E-state index < -0.39 is 10.0 Å². The molecular formula is C12H18ClNO2S. The van der Waals surface area contributed by atoms with Gasteiger partial charge in [0.05, 0.1) is 4.90 Å². The summed E-state index contributed by atoms with van der Waals surface area (Å²) >= 11 is 5.97. The summed E-state index contributed by atoms with van der Waals surface area (Å²) in [7, 11) is -3.42. The van der Waals surface area contributed by atoms with Gasteiger partial charge in [-0.2, -0.15) is 0 Å². The Morgan fingerprint density at radius 3 is 2.41 bits per heavy atom. The van der Waals surface area contributed by atoms with Crippen LogP contribution >= 0.6 is 11.6 Å². The van der Waals surface area contributed by atoms with Gasteiger partial charge in [-0.25, -0.2) is 13.1 Å². The van der Waals surface area contributed by atoms with Crippen LogP contribution in [-0.4, -0.2) is 20.3 Å². The zero-order valence-corrected chi connectivity index (χ0v) is 11.7. The summed E-state index contributed by atoms with van der Waals surface area (Å²) < 4.78 is 26.3. The first-order valence-electron chi connectivity index (χ1n) is 5.66. The molecule has 0 aromatic heterocycles. The maximum Gasteiger partial charge on any atom is 0.240 e. The van der Waals surface area contributed by atoms with Gasteiger partial charge in [-0.15, -0.1) is 11.6 Å². The largest absolute Gasteiger partial charge is 0.240 e. The van der Waals surface area contributed by atoms with Crippen LogP contribution in [0, 0.1) is 6.92 Å². The average molecular weight is 276 g/mol. The van der Waals surface area contributed by atoms with E-state index in [1.807, 2.05) is 13.8 Å². The lowest BCUT2D eigenvalue weighted by molar-refractivity contribution is 0.577. The van der Waals surface area contributed by atoms with Crippen molar-refractivity contribution in [2.24, 2.45) is 0 Å². The van der Waals surface area contributed by atoms with Gasteiger partial charge < -0.3 is 0 Å². The summed E-state index contributed by atoms with van der Waals surface area (Å²) in [4.78, 5) is 0.281. The van der Waals surface area contributed by atoms with Crippen LogP contribution in [0.1, 0.15) is 25.3 Å². The molecule has 0 aliphatic rings. The molecule has 0 spiro atoms. The Labute approximate surface area is 108 Å². The van der Waals surface area contributed by atoms with Crippen LogP contribution in [0.25, 0.3) is 0 Å². The molecule has 1 rings (SSSR count). The maximum atomic E-state index is 11.9. The second-order valence-corrected chi connectivity index (χ2v) is 6.44. The molecule has 0 fully saturated rings. The number of alkyl halides is 1. The van der Waals surface area contributed by atoms with E-state index in [4.69, 9.17) is 11.6 Å². The molecule has 0 bridgehead atoms. The van der Waals surface area contributed by atoms with Crippen LogP contribution in [0.15, 0.2) is 29.2 Å². The van der Waals surface area contributed by atoms with Gasteiger partial charge in [-0.3, -0.25) is 0 Å². The molecule has 1 aromatic carbocycles. The van der Waals surface area contributed by atoms with Crippen molar-refractivity contribution in [3.05, 3.63) is 29.8 Å². The summed E-state index contributed by atoms with van der Waals surface area (Å²) in [5, 5.41) is -0.153. The minimum Gasteiger partial charge on any atom is -0.210 e. The predicted molar refractivity (Wildman–Crippen MR) is 70.9 cm³/mol. The summed E-state index contributed by atoms with van der Waals surface area (Å²) in [5.41, 5.74) is 1.03. The molecule has 0 radical (unpaired) electrons. The number of nitrogens with one attached hydrogen (secondary N) is 1. The highest BCUT2D eigenvalue weighted by Gasteiger charge is 2.15. The molecule has 1 N–H and O–H groups in total. The zero-order chi connectivity index (χ0) is 12.9. The first kappa shape index (κ1) is 14.5. The molecule has 96 valence electrons. The first-order chi connectivity index (χ1) is 7.95. The molecule has 0 saturated carbocycles. The van der Waals surface area contributed by atoms with Crippen molar-refractivity contribution in [3.8, 4) is 0 Å². The van der Waals surface area contributed by atoms with Gasteiger partial charge >= 0.3 is 0 Å². The highest BCUT2D eigenvalue weighted by atomic mass is 35.5. The third kappa shape index (κ3) is 4.66. The molecule has 0 aliphatic heterocycles. The third-order valence-electron chi connectivity index (χ3n) is 2.43.